The highest BCUT2D eigenvalue weighted by Gasteiger charge is 2.18. The minimum absolute atomic E-state index is 0.0213. The summed E-state index contributed by atoms with van der Waals surface area (Å²) in [5.74, 6) is 0.0886. The van der Waals surface area contributed by atoms with E-state index in [0.29, 0.717) is 39.4 Å². The SMILES string of the molecule is CS(=O)(=O)NCc1cc(F)cc(-c2cccc3[nH]c(-c4[nH]nc5ncc(-c6cncc(CN7CCOCC7)c6)cc45)nc23)c1. The molecule has 11 nitrogen and oxygen atoms in total. The van der Waals surface area contributed by atoms with E-state index in [0.717, 1.165) is 66.7 Å². The summed E-state index contributed by atoms with van der Waals surface area (Å²) in [4.78, 5) is 19.7. The molecule has 44 heavy (non-hydrogen) atoms. The predicted octanol–water partition coefficient (Wildman–Crippen LogP) is 4.25. The second-order valence-corrected chi connectivity index (χ2v) is 12.7. The fraction of sp³-hybridized carbons (Fsp3) is 0.226. The number of imidazole rings is 1. The van der Waals surface area contributed by atoms with E-state index >= 15 is 0 Å². The molecule has 1 fully saturated rings. The number of para-hydroxylation sites is 1. The first-order valence-electron chi connectivity index (χ1n) is 14.1. The maximum atomic E-state index is 14.6. The zero-order valence-corrected chi connectivity index (χ0v) is 24.7. The summed E-state index contributed by atoms with van der Waals surface area (Å²) >= 11 is 0. The molecule has 2 aromatic carbocycles. The summed E-state index contributed by atoms with van der Waals surface area (Å²) in [6.45, 7) is 4.07. The van der Waals surface area contributed by atoms with Gasteiger partial charge in [0.2, 0.25) is 10.0 Å². The van der Waals surface area contributed by atoms with E-state index in [1.54, 1.807) is 12.3 Å². The molecule has 5 heterocycles. The van der Waals surface area contributed by atoms with Gasteiger partial charge in [0.05, 0.1) is 35.9 Å². The smallest absolute Gasteiger partial charge is 0.209 e. The molecular weight excluding hydrogens is 583 g/mol. The van der Waals surface area contributed by atoms with E-state index < -0.39 is 15.8 Å². The largest absolute Gasteiger partial charge is 0.379 e. The Kier molecular flexibility index (Phi) is 7.38. The van der Waals surface area contributed by atoms with Crippen molar-refractivity contribution < 1.29 is 17.5 Å². The van der Waals surface area contributed by atoms with Gasteiger partial charge in [-0.15, -0.1) is 0 Å². The van der Waals surface area contributed by atoms with Gasteiger partial charge in [-0.1, -0.05) is 12.1 Å². The fourth-order valence-corrected chi connectivity index (χ4v) is 5.92. The molecule has 1 aliphatic heterocycles. The highest BCUT2D eigenvalue weighted by atomic mass is 32.2. The number of rotatable bonds is 8. The van der Waals surface area contributed by atoms with Gasteiger partial charge >= 0.3 is 0 Å². The van der Waals surface area contributed by atoms with Crippen molar-refractivity contribution in [3.05, 3.63) is 84.1 Å². The lowest BCUT2D eigenvalue weighted by Crippen LogP contribution is -2.35. The number of hydrogen-bond donors (Lipinski definition) is 3. The second-order valence-electron chi connectivity index (χ2n) is 10.9. The van der Waals surface area contributed by atoms with Crippen molar-refractivity contribution in [1.29, 1.82) is 0 Å². The Hall–Kier alpha value is -4.56. The van der Waals surface area contributed by atoms with E-state index in [1.807, 2.05) is 36.7 Å². The van der Waals surface area contributed by atoms with Crippen molar-refractivity contribution in [3.63, 3.8) is 0 Å². The quantitative estimate of drug-likeness (QED) is 0.232. The van der Waals surface area contributed by atoms with Gasteiger partial charge in [0.15, 0.2) is 11.5 Å². The standard InChI is InChI=1S/C31H29FN8O3S/c1-44(41,42)35-15-19-9-21(12-24(32)11-19)25-3-2-4-27-28(25)37-31(36-27)29-26-13-23(17-34-30(26)39-38-29)22-10-20(14-33-16-22)18-40-5-7-43-8-6-40/h2-4,9-14,16-17,35H,5-8,15,18H2,1H3,(H,36,37)(H,34,38,39). The Bertz CT molecular complexity index is 2100. The summed E-state index contributed by atoms with van der Waals surface area (Å²) in [7, 11) is -3.43. The molecule has 0 unspecified atom stereocenters. The van der Waals surface area contributed by atoms with Crippen LogP contribution in [0.15, 0.2) is 67.1 Å². The molecule has 13 heteroatoms. The molecule has 0 bridgehead atoms. The average Bonchev–Trinajstić information content (AvgIpc) is 3.64. The van der Waals surface area contributed by atoms with Gasteiger partial charge in [0.25, 0.3) is 0 Å². The zero-order chi connectivity index (χ0) is 30.3. The maximum Gasteiger partial charge on any atom is 0.209 e. The molecule has 1 saturated heterocycles. The number of morpholine rings is 1. The van der Waals surface area contributed by atoms with Crippen molar-refractivity contribution in [2.45, 2.75) is 13.1 Å². The number of ether oxygens (including phenoxy) is 1. The van der Waals surface area contributed by atoms with E-state index in [4.69, 9.17) is 9.72 Å². The van der Waals surface area contributed by atoms with Crippen LogP contribution >= 0.6 is 0 Å². The monoisotopic (exact) mass is 612 g/mol. The lowest BCUT2D eigenvalue weighted by molar-refractivity contribution is 0.0341. The number of nitrogens with zero attached hydrogens (tertiary/aromatic N) is 5. The third-order valence-electron chi connectivity index (χ3n) is 7.60. The number of aromatic amines is 2. The average molecular weight is 613 g/mol. The zero-order valence-electron chi connectivity index (χ0n) is 23.8. The van der Waals surface area contributed by atoms with Gasteiger partial charge in [0.1, 0.15) is 11.5 Å². The summed E-state index contributed by atoms with van der Waals surface area (Å²) in [5, 5.41) is 8.27. The Morgan fingerprint density at radius 2 is 1.82 bits per heavy atom. The molecule has 0 radical (unpaired) electrons. The van der Waals surface area contributed by atoms with E-state index in [-0.39, 0.29) is 6.54 Å². The molecule has 6 aromatic rings. The molecular formula is C31H29FN8O3S. The van der Waals surface area contributed by atoms with Crippen LogP contribution in [0.4, 0.5) is 4.39 Å². The Morgan fingerprint density at radius 3 is 2.66 bits per heavy atom. The number of aromatic nitrogens is 6. The summed E-state index contributed by atoms with van der Waals surface area (Å²) in [6, 6.07) is 14.3. The van der Waals surface area contributed by atoms with E-state index in [9.17, 15) is 12.8 Å². The number of benzene rings is 2. The van der Waals surface area contributed by atoms with E-state index in [2.05, 4.69) is 40.8 Å². The summed E-state index contributed by atoms with van der Waals surface area (Å²) < 4.78 is 45.7. The molecule has 0 atom stereocenters. The predicted molar refractivity (Wildman–Crippen MR) is 165 cm³/mol. The highest BCUT2D eigenvalue weighted by Crippen LogP contribution is 2.33. The first-order chi connectivity index (χ1) is 21.3. The van der Waals surface area contributed by atoms with Crippen LogP contribution in [0, 0.1) is 5.82 Å². The maximum absolute atomic E-state index is 14.6. The van der Waals surface area contributed by atoms with E-state index in [1.165, 1.54) is 12.1 Å². The Balaban J connectivity index is 1.23. The van der Waals surface area contributed by atoms with Crippen LogP contribution in [0.1, 0.15) is 11.1 Å². The molecule has 3 N–H and O–H groups in total. The van der Waals surface area contributed by atoms with Gasteiger partial charge in [0, 0.05) is 61.5 Å². The lowest BCUT2D eigenvalue weighted by Gasteiger charge is -2.26. The first kappa shape index (κ1) is 28.2. The summed E-state index contributed by atoms with van der Waals surface area (Å²) in [5.41, 5.74) is 7.39. The van der Waals surface area contributed by atoms with Crippen LogP contribution in [0.5, 0.6) is 0 Å². The van der Waals surface area contributed by atoms with Gasteiger partial charge in [-0.3, -0.25) is 15.0 Å². The van der Waals surface area contributed by atoms with Gasteiger partial charge < -0.3 is 9.72 Å². The van der Waals surface area contributed by atoms with Crippen molar-refractivity contribution in [2.24, 2.45) is 0 Å². The number of hydrogen-bond acceptors (Lipinski definition) is 8. The fourth-order valence-electron chi connectivity index (χ4n) is 5.49. The van der Waals surface area contributed by atoms with Crippen LogP contribution in [0.25, 0.3) is 55.8 Å². The number of fused-ring (bicyclic) bond motifs is 2. The number of sulfonamides is 1. The summed E-state index contributed by atoms with van der Waals surface area (Å²) in [6.07, 6.45) is 6.58. The Morgan fingerprint density at radius 1 is 1.00 bits per heavy atom. The number of H-pyrrole nitrogens is 2. The molecule has 0 spiro atoms. The molecule has 4 aromatic heterocycles. The topological polar surface area (TPSA) is 142 Å². The van der Waals surface area contributed by atoms with Gasteiger partial charge in [-0.25, -0.2) is 27.5 Å². The van der Waals surface area contributed by atoms with Crippen molar-refractivity contribution in [1.82, 2.24) is 39.8 Å². The van der Waals surface area contributed by atoms with Gasteiger partial charge in [-0.2, -0.15) is 5.10 Å². The van der Waals surface area contributed by atoms with Crippen molar-refractivity contribution in [3.8, 4) is 33.8 Å². The molecule has 7 rings (SSSR count). The van der Waals surface area contributed by atoms with Crippen LogP contribution in [0.2, 0.25) is 0 Å². The minimum atomic E-state index is -3.43. The number of nitrogens with one attached hydrogen (secondary N) is 3. The normalized spacial score (nSPS) is 14.5. The number of halogens is 1. The van der Waals surface area contributed by atoms with Crippen molar-refractivity contribution in [2.75, 3.05) is 32.6 Å². The molecule has 0 saturated carbocycles. The minimum Gasteiger partial charge on any atom is -0.379 e. The lowest BCUT2D eigenvalue weighted by atomic mass is 10.0. The third kappa shape index (κ3) is 5.95. The molecule has 0 amide bonds. The van der Waals surface area contributed by atoms with Crippen LogP contribution in [-0.4, -0.2) is 76.0 Å². The third-order valence-corrected chi connectivity index (χ3v) is 8.27. The van der Waals surface area contributed by atoms with Crippen molar-refractivity contribution >= 4 is 32.1 Å². The molecule has 224 valence electrons. The second kappa shape index (κ2) is 11.5. The Labute approximate surface area is 252 Å². The molecule has 0 aliphatic carbocycles. The van der Waals surface area contributed by atoms with Crippen LogP contribution < -0.4 is 4.72 Å². The van der Waals surface area contributed by atoms with Gasteiger partial charge in [-0.05, 0) is 53.1 Å². The first-order valence-corrected chi connectivity index (χ1v) is 16.0. The molecule has 1 aliphatic rings. The highest BCUT2D eigenvalue weighted by molar-refractivity contribution is 7.88. The number of pyridine rings is 2. The van der Waals surface area contributed by atoms with Crippen LogP contribution in [0.3, 0.4) is 0 Å². The van der Waals surface area contributed by atoms with Crippen LogP contribution in [-0.2, 0) is 27.8 Å².